The minimum atomic E-state index is 0.575. The third kappa shape index (κ3) is 3.32. The SMILES string of the molecule is Cc1cc2nconc(C)c3ccccc3c2cc1-c1cccc(C)c1-c1ncon1. The number of fused-ring (bicyclic) bond motifs is 3. The molecule has 5 rings (SSSR count). The molecule has 2 heterocycles. The first-order chi connectivity index (χ1) is 15.1. The van der Waals surface area contributed by atoms with Gasteiger partial charge in [-0.05, 0) is 60.5 Å². The van der Waals surface area contributed by atoms with E-state index in [1.54, 1.807) is 0 Å². The Kier molecular flexibility index (Phi) is 4.67. The van der Waals surface area contributed by atoms with Gasteiger partial charge >= 0.3 is 0 Å². The molecule has 0 radical (unpaired) electrons. The Balaban J connectivity index is 1.92. The molecule has 0 bridgehead atoms. The predicted molar refractivity (Wildman–Crippen MR) is 120 cm³/mol. The Morgan fingerprint density at radius 3 is 2.23 bits per heavy atom. The lowest BCUT2D eigenvalue weighted by molar-refractivity contribution is 0.387. The monoisotopic (exact) mass is 408 g/mol. The topological polar surface area (TPSA) is 77.8 Å². The van der Waals surface area contributed by atoms with E-state index in [9.17, 15) is 0 Å². The van der Waals surface area contributed by atoms with Gasteiger partial charge in [0, 0.05) is 16.3 Å². The first kappa shape index (κ1) is 18.9. The predicted octanol–water partition coefficient (Wildman–Crippen LogP) is 6.14. The number of hydrogen-bond acceptors (Lipinski definition) is 6. The molecular formula is C25H20N4O2. The summed E-state index contributed by atoms with van der Waals surface area (Å²) < 4.78 is 10.3. The molecule has 0 spiro atoms. The van der Waals surface area contributed by atoms with Gasteiger partial charge in [0.15, 0.2) is 0 Å². The van der Waals surface area contributed by atoms with Crippen molar-refractivity contribution in [1.29, 1.82) is 0 Å². The van der Waals surface area contributed by atoms with Gasteiger partial charge in [-0.25, -0.2) is 4.98 Å². The van der Waals surface area contributed by atoms with Crippen LogP contribution < -0.4 is 0 Å². The van der Waals surface area contributed by atoms with Crippen molar-refractivity contribution < 1.29 is 9.05 Å². The largest absolute Gasteiger partial charge is 0.344 e. The zero-order valence-electron chi connectivity index (χ0n) is 17.5. The molecule has 0 saturated heterocycles. The molecule has 0 atom stereocenters. The van der Waals surface area contributed by atoms with Crippen LogP contribution in [0.5, 0.6) is 0 Å². The number of aryl methyl sites for hydroxylation is 3. The summed E-state index contributed by atoms with van der Waals surface area (Å²) in [5, 5.41) is 11.3. The van der Waals surface area contributed by atoms with E-state index in [0.717, 1.165) is 55.2 Å². The van der Waals surface area contributed by atoms with Crippen LogP contribution in [-0.4, -0.2) is 20.3 Å². The Morgan fingerprint density at radius 2 is 1.42 bits per heavy atom. The van der Waals surface area contributed by atoms with E-state index in [2.05, 4.69) is 64.5 Å². The normalized spacial score (nSPS) is 11.1. The Labute approximate surface area is 178 Å². The van der Waals surface area contributed by atoms with Crippen molar-refractivity contribution in [2.45, 2.75) is 20.8 Å². The maximum Gasteiger partial charge on any atom is 0.214 e. The summed E-state index contributed by atoms with van der Waals surface area (Å²) in [7, 11) is 0. The quantitative estimate of drug-likeness (QED) is 0.349. The van der Waals surface area contributed by atoms with Crippen molar-refractivity contribution in [2.75, 3.05) is 0 Å². The summed E-state index contributed by atoms with van der Waals surface area (Å²) in [6.07, 6.45) is 2.74. The fourth-order valence-corrected chi connectivity index (χ4v) is 4.04. The molecule has 0 amide bonds. The zero-order chi connectivity index (χ0) is 21.4. The Hall–Kier alpha value is -4.06. The lowest BCUT2D eigenvalue weighted by Gasteiger charge is -2.13. The molecule has 0 saturated carbocycles. The van der Waals surface area contributed by atoms with Gasteiger partial charge < -0.3 is 9.05 Å². The van der Waals surface area contributed by atoms with Gasteiger partial charge in [0.2, 0.25) is 18.6 Å². The molecule has 0 aliphatic heterocycles. The van der Waals surface area contributed by atoms with Crippen LogP contribution in [0.1, 0.15) is 16.8 Å². The molecule has 2 aromatic heterocycles. The van der Waals surface area contributed by atoms with E-state index in [1.807, 2.05) is 31.2 Å². The van der Waals surface area contributed by atoms with E-state index in [0.29, 0.717) is 5.82 Å². The van der Waals surface area contributed by atoms with Crippen molar-refractivity contribution in [3.05, 3.63) is 84.2 Å². The van der Waals surface area contributed by atoms with Crippen LogP contribution in [0.4, 0.5) is 0 Å². The van der Waals surface area contributed by atoms with Gasteiger partial charge in [0.25, 0.3) is 0 Å². The number of hydrogen-bond donors (Lipinski definition) is 0. The molecule has 31 heavy (non-hydrogen) atoms. The average Bonchev–Trinajstić information content (AvgIpc) is 3.32. The fraction of sp³-hybridized carbons (Fsp3) is 0.120. The Morgan fingerprint density at radius 1 is 0.645 bits per heavy atom. The zero-order valence-corrected chi connectivity index (χ0v) is 17.5. The van der Waals surface area contributed by atoms with Gasteiger partial charge in [0.05, 0.1) is 11.2 Å². The standard InChI is InChI=1S/C25H20N4O2/c1-15-7-6-10-20(24(15)25-27-14-31-29-25)21-12-22-19-9-5-4-8-18(19)17(3)28-30-13-26-23(22)11-16(21)2/h4-14H,1-3H3. The van der Waals surface area contributed by atoms with E-state index in [4.69, 9.17) is 9.05 Å². The highest BCUT2D eigenvalue weighted by molar-refractivity contribution is 6.07. The molecule has 152 valence electrons. The summed E-state index contributed by atoms with van der Waals surface area (Å²) >= 11 is 0. The highest BCUT2D eigenvalue weighted by Gasteiger charge is 2.16. The average molecular weight is 408 g/mol. The Bertz CT molecular complexity index is 1470. The summed E-state index contributed by atoms with van der Waals surface area (Å²) in [4.78, 5) is 8.83. The van der Waals surface area contributed by atoms with Crippen LogP contribution in [-0.2, 0) is 0 Å². The molecular weight excluding hydrogens is 388 g/mol. The maximum atomic E-state index is 5.29. The van der Waals surface area contributed by atoms with Crippen molar-refractivity contribution in [2.24, 2.45) is 0 Å². The van der Waals surface area contributed by atoms with Crippen molar-refractivity contribution in [3.63, 3.8) is 0 Å². The minimum Gasteiger partial charge on any atom is -0.344 e. The molecule has 0 unspecified atom stereocenters. The van der Waals surface area contributed by atoms with E-state index in [1.165, 1.54) is 12.8 Å². The van der Waals surface area contributed by atoms with Crippen LogP contribution in [0, 0.1) is 20.8 Å². The lowest BCUT2D eigenvalue weighted by atomic mass is 9.91. The van der Waals surface area contributed by atoms with Crippen molar-refractivity contribution in [1.82, 2.24) is 20.3 Å². The number of benzene rings is 3. The molecule has 0 N–H and O–H groups in total. The molecule has 5 aromatic rings. The smallest absolute Gasteiger partial charge is 0.214 e. The van der Waals surface area contributed by atoms with E-state index >= 15 is 0 Å². The fourth-order valence-electron chi connectivity index (χ4n) is 4.04. The van der Waals surface area contributed by atoms with Gasteiger partial charge in [-0.3, -0.25) is 0 Å². The van der Waals surface area contributed by atoms with Gasteiger partial charge in [-0.2, -0.15) is 4.98 Å². The summed E-state index contributed by atoms with van der Waals surface area (Å²) in [5.74, 6) is 0.575. The summed E-state index contributed by atoms with van der Waals surface area (Å²) in [6.45, 7) is 6.06. The number of rotatable bonds is 2. The van der Waals surface area contributed by atoms with Crippen molar-refractivity contribution >= 4 is 21.7 Å². The lowest BCUT2D eigenvalue weighted by Crippen LogP contribution is -1.93. The molecule has 0 aliphatic carbocycles. The second kappa shape index (κ2) is 7.65. The van der Waals surface area contributed by atoms with Crippen LogP contribution in [0.25, 0.3) is 44.2 Å². The maximum absolute atomic E-state index is 5.29. The van der Waals surface area contributed by atoms with E-state index < -0.39 is 0 Å². The number of aromatic nitrogens is 4. The second-order valence-electron chi connectivity index (χ2n) is 7.50. The molecule has 6 heteroatoms. The summed E-state index contributed by atoms with van der Waals surface area (Å²) in [5.41, 5.74) is 6.87. The highest BCUT2D eigenvalue weighted by atomic mass is 16.5. The molecule has 6 nitrogen and oxygen atoms in total. The van der Waals surface area contributed by atoms with Gasteiger partial charge in [-0.1, -0.05) is 52.8 Å². The van der Waals surface area contributed by atoms with E-state index in [-0.39, 0.29) is 0 Å². The molecule has 0 fully saturated rings. The third-order valence-corrected chi connectivity index (χ3v) is 5.53. The highest BCUT2D eigenvalue weighted by Crippen LogP contribution is 2.37. The summed E-state index contributed by atoms with van der Waals surface area (Å²) in [6, 6.07) is 18.6. The van der Waals surface area contributed by atoms with Crippen LogP contribution >= 0.6 is 0 Å². The number of nitrogens with zero attached hydrogens (tertiary/aromatic N) is 4. The van der Waals surface area contributed by atoms with Gasteiger partial charge in [-0.15, -0.1) is 0 Å². The first-order valence-corrected chi connectivity index (χ1v) is 9.97. The van der Waals surface area contributed by atoms with Crippen molar-refractivity contribution in [3.8, 4) is 22.5 Å². The van der Waals surface area contributed by atoms with Crippen LogP contribution in [0.3, 0.4) is 0 Å². The third-order valence-electron chi connectivity index (χ3n) is 5.53. The van der Waals surface area contributed by atoms with Crippen LogP contribution in [0.15, 0.2) is 76.4 Å². The minimum absolute atomic E-state index is 0.575. The molecule has 3 aromatic carbocycles. The first-order valence-electron chi connectivity index (χ1n) is 9.97. The second-order valence-corrected chi connectivity index (χ2v) is 7.50. The van der Waals surface area contributed by atoms with Gasteiger partial charge in [0.1, 0.15) is 0 Å². The molecule has 0 aliphatic rings. The van der Waals surface area contributed by atoms with Crippen LogP contribution in [0.2, 0.25) is 0 Å².